The van der Waals surface area contributed by atoms with Gasteiger partial charge in [-0.3, -0.25) is 9.59 Å². The first-order chi connectivity index (χ1) is 13.8. The Morgan fingerprint density at radius 1 is 1.07 bits per heavy atom. The van der Waals surface area contributed by atoms with E-state index in [2.05, 4.69) is 5.32 Å². The van der Waals surface area contributed by atoms with E-state index in [1.165, 1.54) is 29.2 Å². The van der Waals surface area contributed by atoms with E-state index in [0.717, 1.165) is 0 Å². The highest BCUT2D eigenvalue weighted by Gasteiger charge is 2.27. The number of ether oxygens (including phenoxy) is 2. The quantitative estimate of drug-likeness (QED) is 0.700. The number of amides is 2. The number of benzene rings is 2. The van der Waals surface area contributed by atoms with Gasteiger partial charge in [0, 0.05) is 12.6 Å². The largest absolute Gasteiger partial charge is 0.493 e. The van der Waals surface area contributed by atoms with Crippen LogP contribution < -0.4 is 14.8 Å². The maximum absolute atomic E-state index is 13.1. The number of carbonyl (C=O) groups is 2. The summed E-state index contributed by atoms with van der Waals surface area (Å²) in [6.07, 6.45) is 0. The van der Waals surface area contributed by atoms with Crippen LogP contribution in [0.15, 0.2) is 48.5 Å². The van der Waals surface area contributed by atoms with E-state index in [4.69, 9.17) is 9.47 Å². The van der Waals surface area contributed by atoms with Crippen molar-refractivity contribution in [3.63, 3.8) is 0 Å². The molecule has 0 heterocycles. The van der Waals surface area contributed by atoms with Gasteiger partial charge in [0.15, 0.2) is 11.5 Å². The van der Waals surface area contributed by atoms with E-state index in [0.29, 0.717) is 23.6 Å². The molecular weight excluding hydrogens is 375 g/mol. The van der Waals surface area contributed by atoms with Crippen LogP contribution in [0.2, 0.25) is 0 Å². The molecule has 2 amide bonds. The molecule has 2 rings (SSSR count). The Bertz CT molecular complexity index is 824. The molecule has 0 aromatic heterocycles. The average molecular weight is 402 g/mol. The molecule has 7 heteroatoms. The van der Waals surface area contributed by atoms with Crippen LogP contribution in [-0.4, -0.2) is 50.1 Å². The molecule has 0 radical (unpaired) electrons. The van der Waals surface area contributed by atoms with Gasteiger partial charge in [-0.05, 0) is 42.3 Å². The first kappa shape index (κ1) is 22.2. The predicted octanol–water partition coefficient (Wildman–Crippen LogP) is 3.13. The molecule has 6 nitrogen and oxygen atoms in total. The van der Waals surface area contributed by atoms with Gasteiger partial charge >= 0.3 is 0 Å². The van der Waals surface area contributed by atoms with E-state index in [1.54, 1.807) is 26.3 Å². The summed E-state index contributed by atoms with van der Waals surface area (Å²) in [6.45, 7) is 4.32. The van der Waals surface area contributed by atoms with Gasteiger partial charge in [0.05, 0.1) is 13.7 Å². The molecular formula is C22H27FN2O4. The Hall–Kier alpha value is -3.09. The normalized spacial score (nSPS) is 11.7. The number of hydrogen-bond acceptors (Lipinski definition) is 4. The lowest BCUT2D eigenvalue weighted by Gasteiger charge is -2.27. The summed E-state index contributed by atoms with van der Waals surface area (Å²) < 4.78 is 24.0. The van der Waals surface area contributed by atoms with Gasteiger partial charge in [0.2, 0.25) is 5.91 Å². The number of para-hydroxylation sites is 2. The van der Waals surface area contributed by atoms with E-state index in [-0.39, 0.29) is 18.4 Å². The van der Waals surface area contributed by atoms with Crippen molar-refractivity contribution in [1.29, 1.82) is 0 Å². The molecule has 0 aliphatic rings. The van der Waals surface area contributed by atoms with Gasteiger partial charge in [0.1, 0.15) is 18.5 Å². The second-order valence-electron chi connectivity index (χ2n) is 6.96. The fourth-order valence-electron chi connectivity index (χ4n) is 2.72. The SMILES string of the molecule is COc1ccccc1OCCN(C)C(=O)C(NC(=O)c1ccc(F)cc1)C(C)C. The molecule has 0 spiro atoms. The molecule has 1 atom stereocenters. The van der Waals surface area contributed by atoms with Crippen LogP contribution in [-0.2, 0) is 4.79 Å². The van der Waals surface area contributed by atoms with Gasteiger partial charge in [-0.15, -0.1) is 0 Å². The zero-order valence-electron chi connectivity index (χ0n) is 17.1. The first-order valence-corrected chi connectivity index (χ1v) is 9.40. The Morgan fingerprint density at radius 3 is 2.28 bits per heavy atom. The summed E-state index contributed by atoms with van der Waals surface area (Å²) in [6, 6.07) is 11.8. The Labute approximate surface area is 170 Å². The summed E-state index contributed by atoms with van der Waals surface area (Å²) in [7, 11) is 3.22. The van der Waals surface area contributed by atoms with Crippen molar-refractivity contribution in [1.82, 2.24) is 10.2 Å². The third-order valence-corrected chi connectivity index (χ3v) is 4.46. The summed E-state index contributed by atoms with van der Waals surface area (Å²) in [5.74, 6) is 0.0288. The number of nitrogens with zero attached hydrogens (tertiary/aromatic N) is 1. The number of hydrogen-bond donors (Lipinski definition) is 1. The average Bonchev–Trinajstić information content (AvgIpc) is 2.71. The Balaban J connectivity index is 1.95. The highest BCUT2D eigenvalue weighted by Crippen LogP contribution is 2.25. The lowest BCUT2D eigenvalue weighted by molar-refractivity contribution is -0.133. The fourth-order valence-corrected chi connectivity index (χ4v) is 2.72. The third-order valence-electron chi connectivity index (χ3n) is 4.46. The van der Waals surface area contributed by atoms with E-state index < -0.39 is 17.8 Å². The smallest absolute Gasteiger partial charge is 0.251 e. The molecule has 0 aliphatic heterocycles. The van der Waals surface area contributed by atoms with Crippen molar-refractivity contribution < 1.29 is 23.5 Å². The second kappa shape index (κ2) is 10.5. The monoisotopic (exact) mass is 402 g/mol. The van der Waals surface area contributed by atoms with Gasteiger partial charge < -0.3 is 19.7 Å². The Morgan fingerprint density at radius 2 is 1.69 bits per heavy atom. The molecule has 0 aliphatic carbocycles. The van der Waals surface area contributed by atoms with Gasteiger partial charge in [-0.1, -0.05) is 26.0 Å². The minimum Gasteiger partial charge on any atom is -0.493 e. The van der Waals surface area contributed by atoms with Crippen LogP contribution in [0.4, 0.5) is 4.39 Å². The first-order valence-electron chi connectivity index (χ1n) is 9.40. The molecule has 0 fully saturated rings. The fraction of sp³-hybridized carbons (Fsp3) is 0.364. The number of likely N-dealkylation sites (N-methyl/N-ethyl adjacent to an activating group) is 1. The molecule has 2 aromatic carbocycles. The van der Waals surface area contributed by atoms with Gasteiger partial charge in [0.25, 0.3) is 5.91 Å². The van der Waals surface area contributed by atoms with Gasteiger partial charge in [-0.2, -0.15) is 0 Å². The standard InChI is InChI=1S/C22H27FN2O4/c1-15(2)20(24-21(26)16-9-11-17(23)12-10-16)22(27)25(3)13-14-29-19-8-6-5-7-18(19)28-4/h5-12,15,20H,13-14H2,1-4H3,(H,24,26). The van der Waals surface area contributed by atoms with E-state index >= 15 is 0 Å². The van der Waals surface area contributed by atoms with Crippen molar-refractivity contribution in [3.05, 3.63) is 59.9 Å². The molecule has 1 unspecified atom stereocenters. The minimum absolute atomic E-state index is 0.121. The van der Waals surface area contributed by atoms with Crippen LogP contribution in [0.25, 0.3) is 0 Å². The highest BCUT2D eigenvalue weighted by molar-refractivity contribution is 5.97. The predicted molar refractivity (Wildman–Crippen MR) is 109 cm³/mol. The van der Waals surface area contributed by atoms with Crippen molar-refractivity contribution in [2.45, 2.75) is 19.9 Å². The van der Waals surface area contributed by atoms with Crippen LogP contribution in [0.1, 0.15) is 24.2 Å². The zero-order chi connectivity index (χ0) is 21.4. The molecule has 29 heavy (non-hydrogen) atoms. The molecule has 0 saturated heterocycles. The maximum Gasteiger partial charge on any atom is 0.251 e. The van der Waals surface area contributed by atoms with Crippen LogP contribution in [0.3, 0.4) is 0 Å². The van der Waals surface area contributed by atoms with Crippen molar-refractivity contribution in [2.75, 3.05) is 27.3 Å². The highest BCUT2D eigenvalue weighted by atomic mass is 19.1. The van der Waals surface area contributed by atoms with Gasteiger partial charge in [-0.25, -0.2) is 4.39 Å². The number of carbonyl (C=O) groups excluding carboxylic acids is 2. The maximum atomic E-state index is 13.1. The number of rotatable bonds is 9. The summed E-state index contributed by atoms with van der Waals surface area (Å²) in [4.78, 5) is 26.8. The summed E-state index contributed by atoms with van der Waals surface area (Å²) in [5.41, 5.74) is 0.298. The number of methoxy groups -OCH3 is 1. The number of nitrogens with one attached hydrogen (secondary N) is 1. The minimum atomic E-state index is -0.705. The van der Waals surface area contributed by atoms with Crippen molar-refractivity contribution >= 4 is 11.8 Å². The van der Waals surface area contributed by atoms with Crippen LogP contribution in [0, 0.1) is 11.7 Å². The van der Waals surface area contributed by atoms with Crippen molar-refractivity contribution in [3.8, 4) is 11.5 Å². The molecule has 2 aromatic rings. The van der Waals surface area contributed by atoms with E-state index in [1.807, 2.05) is 26.0 Å². The number of halogens is 1. The molecule has 156 valence electrons. The lowest BCUT2D eigenvalue weighted by atomic mass is 10.0. The van der Waals surface area contributed by atoms with Crippen LogP contribution in [0.5, 0.6) is 11.5 Å². The third kappa shape index (κ3) is 6.20. The lowest BCUT2D eigenvalue weighted by Crippen LogP contribution is -2.50. The molecule has 0 saturated carbocycles. The molecule has 0 bridgehead atoms. The summed E-state index contributed by atoms with van der Waals surface area (Å²) >= 11 is 0. The zero-order valence-corrected chi connectivity index (χ0v) is 17.1. The van der Waals surface area contributed by atoms with Crippen LogP contribution >= 0.6 is 0 Å². The molecule has 1 N–H and O–H groups in total. The van der Waals surface area contributed by atoms with E-state index in [9.17, 15) is 14.0 Å². The second-order valence-corrected chi connectivity index (χ2v) is 6.96. The van der Waals surface area contributed by atoms with Crippen molar-refractivity contribution in [2.24, 2.45) is 5.92 Å². The Kier molecular flexibility index (Phi) is 8.00. The topological polar surface area (TPSA) is 67.9 Å². The summed E-state index contributed by atoms with van der Waals surface area (Å²) in [5, 5.41) is 2.75.